The van der Waals surface area contributed by atoms with Gasteiger partial charge in [0, 0.05) is 4.90 Å². The molecule has 0 bridgehead atoms. The Morgan fingerprint density at radius 1 is 1.20 bits per heavy atom. The SMILES string of the molecule is CCOC(=O)C(O)c1ccc(-c2ccccc2S)cc1. The molecule has 0 saturated heterocycles. The van der Waals surface area contributed by atoms with E-state index in [0.29, 0.717) is 5.56 Å². The highest BCUT2D eigenvalue weighted by molar-refractivity contribution is 7.80. The van der Waals surface area contributed by atoms with Gasteiger partial charge in [0.25, 0.3) is 0 Å². The van der Waals surface area contributed by atoms with Crippen molar-refractivity contribution in [2.45, 2.75) is 17.9 Å². The van der Waals surface area contributed by atoms with Crippen molar-refractivity contribution in [3.8, 4) is 11.1 Å². The summed E-state index contributed by atoms with van der Waals surface area (Å²) >= 11 is 4.41. The zero-order chi connectivity index (χ0) is 14.5. The van der Waals surface area contributed by atoms with Crippen LogP contribution in [-0.2, 0) is 9.53 Å². The molecule has 1 unspecified atom stereocenters. The van der Waals surface area contributed by atoms with Gasteiger partial charge in [0.2, 0.25) is 0 Å². The predicted octanol–water partition coefficient (Wildman–Crippen LogP) is 3.24. The average Bonchev–Trinajstić information content (AvgIpc) is 2.47. The fraction of sp³-hybridized carbons (Fsp3) is 0.188. The van der Waals surface area contributed by atoms with Crippen LogP contribution in [-0.4, -0.2) is 17.7 Å². The number of benzene rings is 2. The van der Waals surface area contributed by atoms with Crippen LogP contribution in [0.3, 0.4) is 0 Å². The number of carbonyl (C=O) groups is 1. The highest BCUT2D eigenvalue weighted by Crippen LogP contribution is 2.27. The molecule has 0 fully saturated rings. The van der Waals surface area contributed by atoms with Crippen molar-refractivity contribution in [1.82, 2.24) is 0 Å². The van der Waals surface area contributed by atoms with E-state index in [9.17, 15) is 9.90 Å². The number of aliphatic hydroxyl groups excluding tert-OH is 1. The Bertz CT molecular complexity index is 593. The van der Waals surface area contributed by atoms with Crippen LogP contribution in [0.4, 0.5) is 0 Å². The van der Waals surface area contributed by atoms with Crippen LogP contribution in [0.15, 0.2) is 53.4 Å². The van der Waals surface area contributed by atoms with E-state index in [-0.39, 0.29) is 6.61 Å². The zero-order valence-electron chi connectivity index (χ0n) is 11.1. The van der Waals surface area contributed by atoms with Crippen LogP contribution in [0, 0.1) is 0 Å². The van der Waals surface area contributed by atoms with E-state index in [1.165, 1.54) is 0 Å². The second kappa shape index (κ2) is 6.59. The zero-order valence-corrected chi connectivity index (χ0v) is 12.0. The van der Waals surface area contributed by atoms with Crippen molar-refractivity contribution in [1.29, 1.82) is 0 Å². The van der Waals surface area contributed by atoms with Crippen LogP contribution in [0.25, 0.3) is 11.1 Å². The van der Waals surface area contributed by atoms with Gasteiger partial charge in [-0.2, -0.15) is 0 Å². The Morgan fingerprint density at radius 2 is 1.85 bits per heavy atom. The molecular formula is C16H16O3S. The molecule has 0 aromatic heterocycles. The number of thiol groups is 1. The monoisotopic (exact) mass is 288 g/mol. The van der Waals surface area contributed by atoms with Crippen molar-refractivity contribution >= 4 is 18.6 Å². The minimum atomic E-state index is -1.24. The van der Waals surface area contributed by atoms with Gasteiger partial charge in [0.15, 0.2) is 6.10 Å². The van der Waals surface area contributed by atoms with Crippen molar-refractivity contribution in [2.24, 2.45) is 0 Å². The van der Waals surface area contributed by atoms with Crippen LogP contribution < -0.4 is 0 Å². The summed E-state index contributed by atoms with van der Waals surface area (Å²) in [5.41, 5.74) is 2.51. The molecule has 1 atom stereocenters. The van der Waals surface area contributed by atoms with Crippen molar-refractivity contribution in [3.05, 3.63) is 54.1 Å². The maximum absolute atomic E-state index is 11.5. The number of rotatable bonds is 4. The van der Waals surface area contributed by atoms with Gasteiger partial charge in [-0.05, 0) is 29.7 Å². The number of ether oxygens (including phenoxy) is 1. The topological polar surface area (TPSA) is 46.5 Å². The second-order valence-electron chi connectivity index (χ2n) is 4.29. The van der Waals surface area contributed by atoms with Crippen molar-refractivity contribution in [3.63, 3.8) is 0 Å². The lowest BCUT2D eigenvalue weighted by atomic mass is 10.0. The number of hydrogen-bond acceptors (Lipinski definition) is 4. The first-order chi connectivity index (χ1) is 9.63. The van der Waals surface area contributed by atoms with Crippen LogP contribution >= 0.6 is 12.6 Å². The summed E-state index contributed by atoms with van der Waals surface area (Å²) in [6.45, 7) is 1.96. The highest BCUT2D eigenvalue weighted by Gasteiger charge is 2.18. The third-order valence-corrected chi connectivity index (χ3v) is 3.34. The van der Waals surface area contributed by atoms with Gasteiger partial charge in [-0.1, -0.05) is 42.5 Å². The molecule has 0 spiro atoms. The molecule has 0 aliphatic rings. The lowest BCUT2D eigenvalue weighted by Crippen LogP contribution is -2.15. The number of aliphatic hydroxyl groups is 1. The molecule has 20 heavy (non-hydrogen) atoms. The molecule has 0 aliphatic carbocycles. The van der Waals surface area contributed by atoms with Gasteiger partial charge in [-0.25, -0.2) is 4.79 Å². The van der Waals surface area contributed by atoms with E-state index in [0.717, 1.165) is 16.0 Å². The Kier molecular flexibility index (Phi) is 4.82. The molecule has 2 aromatic carbocycles. The summed E-state index contributed by atoms with van der Waals surface area (Å²) in [6.07, 6.45) is -1.24. The van der Waals surface area contributed by atoms with E-state index < -0.39 is 12.1 Å². The summed E-state index contributed by atoms with van der Waals surface area (Å²) in [5.74, 6) is -0.630. The maximum Gasteiger partial charge on any atom is 0.339 e. The van der Waals surface area contributed by atoms with Gasteiger partial charge in [-0.3, -0.25) is 0 Å². The smallest absolute Gasteiger partial charge is 0.339 e. The fourth-order valence-electron chi connectivity index (χ4n) is 1.92. The molecule has 0 radical (unpaired) electrons. The first kappa shape index (κ1) is 14.6. The van der Waals surface area contributed by atoms with E-state index in [1.807, 2.05) is 36.4 Å². The first-order valence-electron chi connectivity index (χ1n) is 6.36. The summed E-state index contributed by atoms with van der Waals surface area (Å²) < 4.78 is 4.79. The number of esters is 1. The van der Waals surface area contributed by atoms with Crippen LogP contribution in [0.1, 0.15) is 18.6 Å². The summed E-state index contributed by atoms with van der Waals surface area (Å²) in [4.78, 5) is 12.3. The van der Waals surface area contributed by atoms with Crippen LogP contribution in [0.2, 0.25) is 0 Å². The van der Waals surface area contributed by atoms with Gasteiger partial charge < -0.3 is 9.84 Å². The standard InChI is InChI=1S/C16H16O3S/c1-2-19-16(18)15(17)12-9-7-11(8-10-12)13-5-3-4-6-14(13)20/h3-10,15,17,20H,2H2,1H3. The maximum atomic E-state index is 11.5. The Morgan fingerprint density at radius 3 is 2.45 bits per heavy atom. The van der Waals surface area contributed by atoms with Crippen molar-refractivity contribution < 1.29 is 14.6 Å². The first-order valence-corrected chi connectivity index (χ1v) is 6.81. The molecule has 2 aromatic rings. The molecule has 104 valence electrons. The largest absolute Gasteiger partial charge is 0.464 e. The molecule has 0 aliphatic heterocycles. The summed E-state index contributed by atoms with van der Waals surface area (Å²) in [5, 5.41) is 9.85. The Hall–Kier alpha value is -1.78. The van der Waals surface area contributed by atoms with E-state index in [2.05, 4.69) is 12.6 Å². The van der Waals surface area contributed by atoms with E-state index >= 15 is 0 Å². The minimum absolute atomic E-state index is 0.251. The third-order valence-electron chi connectivity index (χ3n) is 2.95. The van der Waals surface area contributed by atoms with Gasteiger partial charge in [0.05, 0.1) is 6.61 Å². The number of carbonyl (C=O) groups excluding carboxylic acids is 1. The predicted molar refractivity (Wildman–Crippen MR) is 80.7 cm³/mol. The molecule has 0 saturated carbocycles. The molecule has 3 nitrogen and oxygen atoms in total. The molecule has 4 heteroatoms. The molecule has 2 rings (SSSR count). The highest BCUT2D eigenvalue weighted by atomic mass is 32.1. The van der Waals surface area contributed by atoms with Crippen molar-refractivity contribution in [2.75, 3.05) is 6.61 Å². The lowest BCUT2D eigenvalue weighted by Gasteiger charge is -2.11. The van der Waals surface area contributed by atoms with Gasteiger partial charge >= 0.3 is 5.97 Å². The lowest BCUT2D eigenvalue weighted by molar-refractivity contribution is -0.153. The van der Waals surface area contributed by atoms with Gasteiger partial charge in [0.1, 0.15) is 0 Å². The Labute approximate surface area is 123 Å². The van der Waals surface area contributed by atoms with Gasteiger partial charge in [-0.15, -0.1) is 12.6 Å². The normalized spacial score (nSPS) is 11.9. The molecular weight excluding hydrogens is 272 g/mol. The molecule has 0 heterocycles. The molecule has 1 N–H and O–H groups in total. The molecule has 0 amide bonds. The quantitative estimate of drug-likeness (QED) is 0.670. The average molecular weight is 288 g/mol. The van der Waals surface area contributed by atoms with E-state index in [1.54, 1.807) is 19.1 Å². The minimum Gasteiger partial charge on any atom is -0.464 e. The van der Waals surface area contributed by atoms with E-state index in [4.69, 9.17) is 4.74 Å². The summed E-state index contributed by atoms with van der Waals surface area (Å²) in [7, 11) is 0. The van der Waals surface area contributed by atoms with Crippen LogP contribution in [0.5, 0.6) is 0 Å². The third kappa shape index (κ3) is 3.21. The number of hydrogen-bond donors (Lipinski definition) is 2. The Balaban J connectivity index is 2.23. The fourth-order valence-corrected chi connectivity index (χ4v) is 2.21. The summed E-state index contributed by atoms with van der Waals surface area (Å²) in [6, 6.07) is 14.9. The second-order valence-corrected chi connectivity index (χ2v) is 4.78.